The molecule has 0 atom stereocenters. The standard InChI is InChI=1S/C15H21N3O4/c1-4-21-14(19)11(15(20)22-5-2)9-16-13-8-12(10-6-7-10)17-18(13)3/h8-10,16H,4-7H2,1-3H3. The molecule has 7 heteroatoms. The zero-order valence-electron chi connectivity index (χ0n) is 13.1. The van der Waals surface area contributed by atoms with Gasteiger partial charge in [-0.25, -0.2) is 9.59 Å². The van der Waals surface area contributed by atoms with E-state index < -0.39 is 11.9 Å². The normalized spacial score (nSPS) is 13.4. The molecule has 1 fully saturated rings. The van der Waals surface area contributed by atoms with Crippen LogP contribution in [0.3, 0.4) is 0 Å². The van der Waals surface area contributed by atoms with Gasteiger partial charge in [0, 0.05) is 25.2 Å². The minimum Gasteiger partial charge on any atom is -0.462 e. The highest BCUT2D eigenvalue weighted by molar-refractivity contribution is 6.14. The summed E-state index contributed by atoms with van der Waals surface area (Å²) in [7, 11) is 1.80. The third-order valence-corrected chi connectivity index (χ3v) is 3.25. The van der Waals surface area contributed by atoms with E-state index in [1.165, 1.54) is 6.20 Å². The summed E-state index contributed by atoms with van der Waals surface area (Å²) in [6, 6.07) is 1.92. The van der Waals surface area contributed by atoms with E-state index in [4.69, 9.17) is 9.47 Å². The van der Waals surface area contributed by atoms with Crippen LogP contribution in [0, 0.1) is 0 Å². The van der Waals surface area contributed by atoms with Crippen molar-refractivity contribution in [1.82, 2.24) is 9.78 Å². The summed E-state index contributed by atoms with van der Waals surface area (Å²) in [5, 5.41) is 7.34. The van der Waals surface area contributed by atoms with Crippen molar-refractivity contribution in [1.29, 1.82) is 0 Å². The van der Waals surface area contributed by atoms with Crippen LogP contribution in [0.2, 0.25) is 0 Å². The quantitative estimate of drug-likeness (QED) is 0.357. The maximum Gasteiger partial charge on any atom is 0.347 e. The Hall–Kier alpha value is -2.31. The van der Waals surface area contributed by atoms with Crippen LogP contribution in [0.5, 0.6) is 0 Å². The van der Waals surface area contributed by atoms with E-state index in [-0.39, 0.29) is 18.8 Å². The summed E-state index contributed by atoms with van der Waals surface area (Å²) in [4.78, 5) is 23.7. The van der Waals surface area contributed by atoms with Crippen LogP contribution >= 0.6 is 0 Å². The molecule has 7 nitrogen and oxygen atoms in total. The van der Waals surface area contributed by atoms with Crippen molar-refractivity contribution in [3.8, 4) is 0 Å². The van der Waals surface area contributed by atoms with Gasteiger partial charge in [-0.3, -0.25) is 4.68 Å². The van der Waals surface area contributed by atoms with Crippen LogP contribution in [0.1, 0.15) is 38.3 Å². The first-order valence-corrected chi connectivity index (χ1v) is 7.41. The van der Waals surface area contributed by atoms with E-state index in [2.05, 4.69) is 10.4 Å². The van der Waals surface area contributed by atoms with Gasteiger partial charge in [0.15, 0.2) is 5.57 Å². The smallest absolute Gasteiger partial charge is 0.347 e. The molecule has 0 aromatic carbocycles. The van der Waals surface area contributed by atoms with Gasteiger partial charge in [-0.05, 0) is 26.7 Å². The molecule has 1 N–H and O–H groups in total. The second-order valence-electron chi connectivity index (χ2n) is 5.00. The topological polar surface area (TPSA) is 82.5 Å². The monoisotopic (exact) mass is 307 g/mol. The molecule has 1 heterocycles. The Morgan fingerprint density at radius 3 is 2.41 bits per heavy atom. The van der Waals surface area contributed by atoms with Gasteiger partial charge < -0.3 is 14.8 Å². The Morgan fingerprint density at radius 2 is 1.91 bits per heavy atom. The van der Waals surface area contributed by atoms with Crippen LogP contribution in [0.25, 0.3) is 0 Å². The minimum absolute atomic E-state index is 0.169. The Balaban J connectivity index is 2.14. The lowest BCUT2D eigenvalue weighted by atomic mass is 10.3. The van der Waals surface area contributed by atoms with Crippen molar-refractivity contribution in [3.63, 3.8) is 0 Å². The Bertz CT molecular complexity index is 568. The van der Waals surface area contributed by atoms with Crippen molar-refractivity contribution >= 4 is 17.8 Å². The van der Waals surface area contributed by atoms with E-state index in [1.807, 2.05) is 6.07 Å². The van der Waals surface area contributed by atoms with Crippen LogP contribution < -0.4 is 5.32 Å². The first kappa shape index (κ1) is 16.1. The van der Waals surface area contributed by atoms with E-state index in [1.54, 1.807) is 25.6 Å². The highest BCUT2D eigenvalue weighted by Crippen LogP contribution is 2.39. The number of ether oxygens (including phenoxy) is 2. The fourth-order valence-corrected chi connectivity index (χ4v) is 1.97. The second-order valence-corrected chi connectivity index (χ2v) is 5.00. The molecule has 0 aliphatic heterocycles. The number of rotatable bonds is 7. The van der Waals surface area contributed by atoms with E-state index in [0.29, 0.717) is 11.7 Å². The maximum absolute atomic E-state index is 11.8. The molecule has 0 unspecified atom stereocenters. The third-order valence-electron chi connectivity index (χ3n) is 3.25. The van der Waals surface area contributed by atoms with Crippen LogP contribution in [-0.4, -0.2) is 34.9 Å². The predicted molar refractivity (Wildman–Crippen MR) is 80.2 cm³/mol. The van der Waals surface area contributed by atoms with E-state index in [9.17, 15) is 9.59 Å². The van der Waals surface area contributed by atoms with Crippen molar-refractivity contribution in [3.05, 3.63) is 23.5 Å². The number of anilines is 1. The lowest BCUT2D eigenvalue weighted by Crippen LogP contribution is -2.19. The Labute approximate surface area is 129 Å². The van der Waals surface area contributed by atoms with Gasteiger partial charge in [-0.2, -0.15) is 5.10 Å². The molecule has 1 aromatic heterocycles. The molecule has 1 aliphatic carbocycles. The van der Waals surface area contributed by atoms with Gasteiger partial charge in [0.05, 0.1) is 18.9 Å². The molecule has 0 radical (unpaired) electrons. The first-order chi connectivity index (χ1) is 10.6. The molecule has 1 aliphatic rings. The van der Waals surface area contributed by atoms with Gasteiger partial charge in [0.25, 0.3) is 0 Å². The zero-order valence-corrected chi connectivity index (χ0v) is 13.1. The molecule has 0 saturated heterocycles. The van der Waals surface area contributed by atoms with E-state index in [0.717, 1.165) is 18.5 Å². The number of carbonyl (C=O) groups excluding carboxylic acids is 2. The number of esters is 2. The van der Waals surface area contributed by atoms with Gasteiger partial charge in [-0.1, -0.05) is 0 Å². The number of nitrogens with one attached hydrogen (secondary N) is 1. The predicted octanol–water partition coefficient (Wildman–Crippen LogP) is 1.72. The van der Waals surface area contributed by atoms with Crippen molar-refractivity contribution in [2.24, 2.45) is 7.05 Å². The number of nitrogens with zero attached hydrogens (tertiary/aromatic N) is 2. The summed E-state index contributed by atoms with van der Waals surface area (Å²) in [5.41, 5.74) is 0.852. The van der Waals surface area contributed by atoms with Gasteiger partial charge >= 0.3 is 11.9 Å². The maximum atomic E-state index is 11.8. The number of aromatic nitrogens is 2. The molecule has 1 aromatic rings. The summed E-state index contributed by atoms with van der Waals surface area (Å²) in [6.45, 7) is 3.73. The summed E-state index contributed by atoms with van der Waals surface area (Å²) >= 11 is 0. The molecular weight excluding hydrogens is 286 g/mol. The van der Waals surface area contributed by atoms with Gasteiger partial charge in [-0.15, -0.1) is 0 Å². The lowest BCUT2D eigenvalue weighted by Gasteiger charge is -2.07. The van der Waals surface area contributed by atoms with Crippen LogP contribution in [0.15, 0.2) is 17.8 Å². The summed E-state index contributed by atoms with van der Waals surface area (Å²) in [5.74, 6) is -0.190. The highest BCUT2D eigenvalue weighted by Gasteiger charge is 2.27. The Kier molecular flexibility index (Phi) is 5.19. The fourth-order valence-electron chi connectivity index (χ4n) is 1.97. The molecule has 0 bridgehead atoms. The molecule has 22 heavy (non-hydrogen) atoms. The largest absolute Gasteiger partial charge is 0.462 e. The van der Waals surface area contributed by atoms with Crippen LogP contribution in [0.4, 0.5) is 5.82 Å². The Morgan fingerprint density at radius 1 is 1.32 bits per heavy atom. The third kappa shape index (κ3) is 3.87. The first-order valence-electron chi connectivity index (χ1n) is 7.41. The number of hydrogen-bond acceptors (Lipinski definition) is 6. The summed E-state index contributed by atoms with van der Waals surface area (Å²) in [6.07, 6.45) is 3.62. The second kappa shape index (κ2) is 7.11. The van der Waals surface area contributed by atoms with Gasteiger partial charge in [0.1, 0.15) is 5.82 Å². The highest BCUT2D eigenvalue weighted by atomic mass is 16.6. The van der Waals surface area contributed by atoms with Crippen LogP contribution in [-0.2, 0) is 26.1 Å². The molecule has 1 saturated carbocycles. The molecular formula is C15H21N3O4. The SMILES string of the molecule is CCOC(=O)C(=CNc1cc(C2CC2)nn1C)C(=O)OCC. The molecule has 0 amide bonds. The average molecular weight is 307 g/mol. The fraction of sp³-hybridized carbons (Fsp3) is 0.533. The average Bonchev–Trinajstić information content (AvgIpc) is 3.25. The number of carbonyl (C=O) groups is 2. The van der Waals surface area contributed by atoms with Crippen molar-refractivity contribution < 1.29 is 19.1 Å². The number of aryl methyl sites for hydroxylation is 1. The minimum atomic E-state index is -0.710. The molecule has 120 valence electrons. The molecule has 2 rings (SSSR count). The van der Waals surface area contributed by atoms with E-state index >= 15 is 0 Å². The van der Waals surface area contributed by atoms with Gasteiger partial charge in [0.2, 0.25) is 0 Å². The van der Waals surface area contributed by atoms with Crippen molar-refractivity contribution in [2.75, 3.05) is 18.5 Å². The lowest BCUT2D eigenvalue weighted by molar-refractivity contribution is -0.146. The zero-order chi connectivity index (χ0) is 16.1. The number of hydrogen-bond donors (Lipinski definition) is 1. The van der Waals surface area contributed by atoms with Crippen molar-refractivity contribution in [2.45, 2.75) is 32.6 Å². The summed E-state index contributed by atoms with van der Waals surface area (Å²) < 4.78 is 11.4. The molecule has 0 spiro atoms.